The van der Waals surface area contributed by atoms with Crippen LogP contribution in [0.4, 0.5) is 0 Å². The zero-order valence-electron chi connectivity index (χ0n) is 17.0. The minimum atomic E-state index is -0.0817. The molecule has 0 aliphatic heterocycles. The molecule has 2 aromatic carbocycles. The first-order valence-corrected chi connectivity index (χ1v) is 10.4. The molecule has 0 fully saturated rings. The summed E-state index contributed by atoms with van der Waals surface area (Å²) in [4.78, 5) is 12.6. The van der Waals surface area contributed by atoms with Crippen molar-refractivity contribution in [2.45, 2.75) is 32.0 Å². The fourth-order valence-electron chi connectivity index (χ4n) is 2.98. The summed E-state index contributed by atoms with van der Waals surface area (Å²) in [7, 11) is 1.64. The Bertz CT molecular complexity index is 956. The number of benzene rings is 2. The number of thioether (sulfide) groups is 1. The van der Waals surface area contributed by atoms with E-state index >= 15 is 0 Å². The number of rotatable bonds is 8. The molecule has 8 heteroatoms. The Morgan fingerprint density at radius 2 is 1.97 bits per heavy atom. The number of nitrogens with zero attached hydrogens (tertiary/aromatic N) is 4. The van der Waals surface area contributed by atoms with Crippen LogP contribution in [0.5, 0.6) is 5.75 Å². The lowest BCUT2D eigenvalue weighted by Crippen LogP contribution is -2.33. The molecule has 0 saturated heterocycles. The molecule has 0 saturated carbocycles. The predicted octanol–water partition coefficient (Wildman–Crippen LogP) is 3.58. The van der Waals surface area contributed by atoms with Gasteiger partial charge in [0.2, 0.25) is 11.1 Å². The third-order valence-electron chi connectivity index (χ3n) is 4.48. The summed E-state index contributed by atoms with van der Waals surface area (Å²) < 4.78 is 6.86. The largest absolute Gasteiger partial charge is 0.497 e. The van der Waals surface area contributed by atoms with Gasteiger partial charge in [-0.25, -0.2) is 0 Å². The first-order valence-electron chi connectivity index (χ1n) is 9.39. The molecule has 0 bridgehead atoms. The van der Waals surface area contributed by atoms with E-state index in [1.165, 1.54) is 11.8 Å². The highest BCUT2D eigenvalue weighted by Crippen LogP contribution is 2.25. The minimum Gasteiger partial charge on any atom is -0.497 e. The number of carbonyl (C=O) groups excluding carboxylic acids is 1. The first-order chi connectivity index (χ1) is 14.0. The number of tetrazole rings is 1. The van der Waals surface area contributed by atoms with Crippen molar-refractivity contribution in [3.63, 3.8) is 0 Å². The fourth-order valence-corrected chi connectivity index (χ4v) is 3.68. The van der Waals surface area contributed by atoms with Crippen LogP contribution in [-0.4, -0.2) is 39.0 Å². The van der Waals surface area contributed by atoms with E-state index in [-0.39, 0.29) is 23.6 Å². The maximum atomic E-state index is 12.6. The van der Waals surface area contributed by atoms with Gasteiger partial charge in [0.05, 0.1) is 24.6 Å². The second-order valence-electron chi connectivity index (χ2n) is 7.06. The lowest BCUT2D eigenvalue weighted by molar-refractivity contribution is -0.119. The van der Waals surface area contributed by atoms with Crippen LogP contribution < -0.4 is 10.1 Å². The van der Waals surface area contributed by atoms with E-state index in [1.54, 1.807) is 11.8 Å². The molecule has 3 rings (SSSR count). The molecule has 1 heterocycles. The Labute approximate surface area is 174 Å². The molecule has 3 aromatic rings. The highest BCUT2D eigenvalue weighted by molar-refractivity contribution is 7.99. The molecule has 29 heavy (non-hydrogen) atoms. The SMILES string of the molecule is COc1ccc(C(NC(=O)CSc2nnnn2-c2cccc(C)c2)C(C)C)cc1. The number of nitrogens with one attached hydrogen (secondary N) is 1. The van der Waals surface area contributed by atoms with E-state index in [1.807, 2.05) is 55.5 Å². The normalized spacial score (nSPS) is 12.0. The van der Waals surface area contributed by atoms with Gasteiger partial charge in [0.15, 0.2) is 0 Å². The van der Waals surface area contributed by atoms with Gasteiger partial charge < -0.3 is 10.1 Å². The molecule has 0 spiro atoms. The lowest BCUT2D eigenvalue weighted by atomic mass is 9.96. The molecule has 1 unspecified atom stereocenters. The quantitative estimate of drug-likeness (QED) is 0.571. The van der Waals surface area contributed by atoms with E-state index in [2.05, 4.69) is 34.7 Å². The van der Waals surface area contributed by atoms with Crippen molar-refractivity contribution < 1.29 is 9.53 Å². The van der Waals surface area contributed by atoms with Crippen LogP contribution >= 0.6 is 11.8 Å². The highest BCUT2D eigenvalue weighted by Gasteiger charge is 2.19. The average molecular weight is 412 g/mol. The predicted molar refractivity (Wildman–Crippen MR) is 113 cm³/mol. The smallest absolute Gasteiger partial charge is 0.230 e. The molecule has 0 radical (unpaired) electrons. The van der Waals surface area contributed by atoms with Crippen molar-refractivity contribution >= 4 is 17.7 Å². The summed E-state index contributed by atoms with van der Waals surface area (Å²) in [5.41, 5.74) is 3.03. The molecule has 152 valence electrons. The van der Waals surface area contributed by atoms with Crippen LogP contribution in [0.3, 0.4) is 0 Å². The number of hydrogen-bond donors (Lipinski definition) is 1. The van der Waals surface area contributed by atoms with Gasteiger partial charge in [0.1, 0.15) is 5.75 Å². The molecule has 1 N–H and O–H groups in total. The van der Waals surface area contributed by atoms with Gasteiger partial charge in [-0.1, -0.05) is 49.9 Å². The van der Waals surface area contributed by atoms with Crippen LogP contribution in [-0.2, 0) is 4.79 Å². The Morgan fingerprint density at radius 3 is 2.62 bits per heavy atom. The van der Waals surface area contributed by atoms with E-state index in [9.17, 15) is 4.79 Å². The number of carbonyl (C=O) groups is 1. The maximum absolute atomic E-state index is 12.6. The minimum absolute atomic E-state index is 0.0664. The summed E-state index contributed by atoms with van der Waals surface area (Å²) >= 11 is 1.31. The molecule has 0 aliphatic carbocycles. The van der Waals surface area contributed by atoms with Gasteiger partial charge in [-0.05, 0) is 58.7 Å². The van der Waals surface area contributed by atoms with Crippen molar-refractivity contribution in [2.75, 3.05) is 12.9 Å². The highest BCUT2D eigenvalue weighted by atomic mass is 32.2. The van der Waals surface area contributed by atoms with Crippen LogP contribution in [0.1, 0.15) is 31.0 Å². The molecule has 7 nitrogen and oxygen atoms in total. The standard InChI is InChI=1S/C21H25N5O2S/c1-14(2)20(16-8-10-18(28-4)11-9-16)22-19(27)13-29-21-23-24-25-26(21)17-7-5-6-15(3)12-17/h5-12,14,20H,13H2,1-4H3,(H,22,27). The molecule has 0 aliphatic rings. The van der Waals surface area contributed by atoms with Crippen molar-refractivity contribution in [3.8, 4) is 11.4 Å². The molecule has 1 aromatic heterocycles. The second-order valence-corrected chi connectivity index (χ2v) is 8.01. The number of aromatic nitrogens is 4. The third kappa shape index (κ3) is 5.35. The second kappa shape index (κ2) is 9.56. The van der Waals surface area contributed by atoms with Crippen molar-refractivity contribution in [1.82, 2.24) is 25.5 Å². The van der Waals surface area contributed by atoms with Crippen molar-refractivity contribution in [3.05, 3.63) is 59.7 Å². The summed E-state index contributed by atoms with van der Waals surface area (Å²) in [5, 5.41) is 15.6. The van der Waals surface area contributed by atoms with Crippen LogP contribution in [0.2, 0.25) is 0 Å². The van der Waals surface area contributed by atoms with Crippen molar-refractivity contribution in [1.29, 1.82) is 0 Å². The van der Waals surface area contributed by atoms with Gasteiger partial charge in [-0.3, -0.25) is 4.79 Å². The van der Waals surface area contributed by atoms with Gasteiger partial charge in [-0.15, -0.1) is 5.10 Å². The van der Waals surface area contributed by atoms with Crippen LogP contribution in [0, 0.1) is 12.8 Å². The van der Waals surface area contributed by atoms with E-state index in [4.69, 9.17) is 4.74 Å². The van der Waals surface area contributed by atoms with Crippen LogP contribution in [0.15, 0.2) is 53.7 Å². The van der Waals surface area contributed by atoms with Gasteiger partial charge >= 0.3 is 0 Å². The van der Waals surface area contributed by atoms with Gasteiger partial charge in [0, 0.05) is 0 Å². The molecular formula is C21H25N5O2S. The van der Waals surface area contributed by atoms with E-state index in [0.29, 0.717) is 5.16 Å². The van der Waals surface area contributed by atoms with Gasteiger partial charge in [0.25, 0.3) is 0 Å². The molecule has 1 atom stereocenters. The number of amides is 1. The van der Waals surface area contributed by atoms with Crippen molar-refractivity contribution in [2.24, 2.45) is 5.92 Å². The number of hydrogen-bond acceptors (Lipinski definition) is 6. The Hall–Kier alpha value is -2.87. The first kappa shape index (κ1) is 20.9. The third-order valence-corrected chi connectivity index (χ3v) is 5.40. The Kier molecular flexibility index (Phi) is 6.87. The number of ether oxygens (including phenoxy) is 1. The van der Waals surface area contributed by atoms with Crippen LogP contribution in [0.25, 0.3) is 5.69 Å². The van der Waals surface area contributed by atoms with E-state index in [0.717, 1.165) is 22.6 Å². The molecular weight excluding hydrogens is 386 g/mol. The summed E-state index contributed by atoms with van der Waals surface area (Å²) in [5.74, 6) is 1.20. The average Bonchev–Trinajstić information content (AvgIpc) is 3.19. The molecule has 1 amide bonds. The maximum Gasteiger partial charge on any atom is 0.230 e. The Balaban J connectivity index is 1.65. The van der Waals surface area contributed by atoms with Gasteiger partial charge in [-0.2, -0.15) is 4.68 Å². The fraction of sp³-hybridized carbons (Fsp3) is 0.333. The summed E-state index contributed by atoms with van der Waals surface area (Å²) in [6.07, 6.45) is 0. The number of methoxy groups -OCH3 is 1. The Morgan fingerprint density at radius 1 is 1.21 bits per heavy atom. The van der Waals surface area contributed by atoms with E-state index < -0.39 is 0 Å². The monoisotopic (exact) mass is 411 g/mol. The zero-order chi connectivity index (χ0) is 20.8. The summed E-state index contributed by atoms with van der Waals surface area (Å²) in [6.45, 7) is 6.18. The summed E-state index contributed by atoms with van der Waals surface area (Å²) in [6, 6.07) is 15.6. The number of aryl methyl sites for hydroxylation is 1. The zero-order valence-corrected chi connectivity index (χ0v) is 17.8. The lowest BCUT2D eigenvalue weighted by Gasteiger charge is -2.23. The topological polar surface area (TPSA) is 81.9 Å².